The minimum atomic E-state index is -0.751. The molecule has 0 unspecified atom stereocenters. The number of anilines is 2. The molecular weight excluding hydrogens is 540 g/mol. The van der Waals surface area contributed by atoms with Crippen LogP contribution in [0.3, 0.4) is 0 Å². The molecule has 0 bridgehead atoms. The van der Waals surface area contributed by atoms with E-state index >= 15 is 0 Å². The molecule has 2 saturated heterocycles. The van der Waals surface area contributed by atoms with Gasteiger partial charge >= 0.3 is 5.97 Å². The molecule has 41 heavy (non-hydrogen) atoms. The SMILES string of the molecule is COc1c(C)cc(-c2nc(NC(=O)c3cnc(N4CCC(C(=O)O)CC4)cn3)sc2CN2CCCC[C@H]2C)cc1C. The maximum absolute atomic E-state index is 13.2. The van der Waals surface area contributed by atoms with Crippen LogP contribution in [0.5, 0.6) is 5.75 Å². The number of rotatable bonds is 8. The molecule has 1 atom stereocenters. The summed E-state index contributed by atoms with van der Waals surface area (Å²) in [6.45, 7) is 9.38. The predicted octanol–water partition coefficient (Wildman–Crippen LogP) is 5.15. The van der Waals surface area contributed by atoms with Gasteiger partial charge < -0.3 is 14.7 Å². The molecule has 0 spiro atoms. The number of aliphatic carboxylic acids is 1. The normalized spacial score (nSPS) is 18.3. The van der Waals surface area contributed by atoms with Gasteiger partial charge in [-0.2, -0.15) is 0 Å². The van der Waals surface area contributed by atoms with Crippen molar-refractivity contribution in [3.8, 4) is 17.0 Å². The summed E-state index contributed by atoms with van der Waals surface area (Å²) in [6, 6.07) is 4.69. The molecule has 0 radical (unpaired) electrons. The van der Waals surface area contributed by atoms with Crippen molar-refractivity contribution in [1.82, 2.24) is 19.9 Å². The van der Waals surface area contributed by atoms with Crippen molar-refractivity contribution in [1.29, 1.82) is 0 Å². The highest BCUT2D eigenvalue weighted by Gasteiger charge is 2.26. The third-order valence-electron chi connectivity index (χ3n) is 8.18. The molecule has 0 saturated carbocycles. The number of nitrogens with one attached hydrogen (secondary N) is 1. The van der Waals surface area contributed by atoms with Crippen molar-refractivity contribution in [3.63, 3.8) is 0 Å². The average Bonchev–Trinajstić information content (AvgIpc) is 3.36. The number of ether oxygens (including phenoxy) is 1. The largest absolute Gasteiger partial charge is 0.496 e. The van der Waals surface area contributed by atoms with Crippen molar-refractivity contribution in [2.24, 2.45) is 5.92 Å². The van der Waals surface area contributed by atoms with E-state index in [0.717, 1.165) is 46.1 Å². The molecule has 3 aromatic rings. The molecule has 11 heteroatoms. The van der Waals surface area contributed by atoms with Crippen LogP contribution in [0.2, 0.25) is 0 Å². The van der Waals surface area contributed by atoms with Crippen molar-refractivity contribution < 1.29 is 19.4 Å². The number of carbonyl (C=O) groups excluding carboxylic acids is 1. The number of likely N-dealkylation sites (tertiary alicyclic amines) is 1. The van der Waals surface area contributed by atoms with Gasteiger partial charge in [0.15, 0.2) is 5.13 Å². The average molecular weight is 579 g/mol. The molecule has 2 fully saturated rings. The van der Waals surface area contributed by atoms with E-state index in [1.807, 2.05) is 18.7 Å². The molecule has 2 N–H and O–H groups in total. The lowest BCUT2D eigenvalue weighted by molar-refractivity contribution is -0.142. The maximum Gasteiger partial charge on any atom is 0.306 e. The summed E-state index contributed by atoms with van der Waals surface area (Å²) in [7, 11) is 1.69. The number of carboxylic acids is 1. The second kappa shape index (κ2) is 12.5. The van der Waals surface area contributed by atoms with Gasteiger partial charge in [-0.3, -0.25) is 19.8 Å². The first-order chi connectivity index (χ1) is 19.7. The van der Waals surface area contributed by atoms with Gasteiger partial charge in [0.05, 0.1) is 31.1 Å². The van der Waals surface area contributed by atoms with E-state index < -0.39 is 5.97 Å². The van der Waals surface area contributed by atoms with E-state index in [2.05, 4.69) is 39.2 Å². The highest BCUT2D eigenvalue weighted by atomic mass is 32.1. The first kappa shape index (κ1) is 28.9. The van der Waals surface area contributed by atoms with Gasteiger partial charge in [-0.1, -0.05) is 17.8 Å². The summed E-state index contributed by atoms with van der Waals surface area (Å²) >= 11 is 1.50. The van der Waals surface area contributed by atoms with Crippen LogP contribution >= 0.6 is 11.3 Å². The Labute approximate surface area is 244 Å². The minimum absolute atomic E-state index is 0.202. The second-order valence-corrected chi connectivity index (χ2v) is 12.1. The van der Waals surface area contributed by atoms with Gasteiger partial charge in [0.25, 0.3) is 5.91 Å². The highest BCUT2D eigenvalue weighted by molar-refractivity contribution is 7.16. The Balaban J connectivity index is 1.35. The van der Waals surface area contributed by atoms with Crippen LogP contribution in [0.25, 0.3) is 11.3 Å². The van der Waals surface area contributed by atoms with Crippen LogP contribution < -0.4 is 15.0 Å². The van der Waals surface area contributed by atoms with Gasteiger partial charge in [-0.25, -0.2) is 15.0 Å². The second-order valence-electron chi connectivity index (χ2n) is 11.1. The summed E-state index contributed by atoms with van der Waals surface area (Å²) in [5.74, 6) is 0.0798. The Morgan fingerprint density at radius 2 is 1.80 bits per heavy atom. The van der Waals surface area contributed by atoms with E-state index in [9.17, 15) is 14.7 Å². The number of hydrogen-bond acceptors (Lipinski definition) is 9. The summed E-state index contributed by atoms with van der Waals surface area (Å²) in [5.41, 5.74) is 4.17. The van der Waals surface area contributed by atoms with Crippen LogP contribution in [0.4, 0.5) is 10.9 Å². The fourth-order valence-electron chi connectivity index (χ4n) is 5.84. The third kappa shape index (κ3) is 6.51. The van der Waals surface area contributed by atoms with E-state index in [1.165, 1.54) is 36.8 Å². The first-order valence-corrected chi connectivity index (χ1v) is 15.1. The molecule has 218 valence electrons. The standard InChI is InChI=1S/C30H38N6O4S/c1-18-13-22(14-19(2)27(18)40-4)26-24(17-36-10-6-5-7-20(36)3)41-30(33-26)34-28(37)23-15-32-25(16-31-23)35-11-8-21(9-12-35)29(38)39/h13-16,20-21H,5-12,17H2,1-4H3,(H,38,39)(H,33,34,37)/t20-/m1/s1. The van der Waals surface area contributed by atoms with Gasteiger partial charge in [-0.15, -0.1) is 0 Å². The van der Waals surface area contributed by atoms with Crippen LogP contribution in [-0.2, 0) is 11.3 Å². The lowest BCUT2D eigenvalue weighted by atomic mass is 9.97. The van der Waals surface area contributed by atoms with Crippen LogP contribution in [0.1, 0.15) is 65.5 Å². The summed E-state index contributed by atoms with van der Waals surface area (Å²) < 4.78 is 5.58. The Bertz CT molecular complexity index is 1380. The third-order valence-corrected chi connectivity index (χ3v) is 9.14. The first-order valence-electron chi connectivity index (χ1n) is 14.2. The molecule has 1 aromatic carbocycles. The number of benzene rings is 1. The van der Waals surface area contributed by atoms with Crippen LogP contribution in [-0.4, -0.2) is 69.6 Å². The lowest BCUT2D eigenvalue weighted by Crippen LogP contribution is -2.36. The van der Waals surface area contributed by atoms with Crippen molar-refractivity contribution in [2.75, 3.05) is 37.0 Å². The predicted molar refractivity (Wildman–Crippen MR) is 160 cm³/mol. The zero-order chi connectivity index (χ0) is 29.1. The molecule has 0 aliphatic carbocycles. The fraction of sp³-hybridized carbons (Fsp3) is 0.500. The molecule has 5 rings (SSSR count). The van der Waals surface area contributed by atoms with Crippen molar-refractivity contribution >= 4 is 34.2 Å². The highest BCUT2D eigenvalue weighted by Crippen LogP contribution is 2.37. The molecule has 2 aromatic heterocycles. The van der Waals surface area contributed by atoms with E-state index in [-0.39, 0.29) is 17.5 Å². The van der Waals surface area contributed by atoms with Crippen molar-refractivity contribution in [3.05, 3.63) is 46.2 Å². The van der Waals surface area contributed by atoms with Crippen LogP contribution in [0.15, 0.2) is 24.5 Å². The monoisotopic (exact) mass is 578 g/mol. The number of nitrogens with zero attached hydrogens (tertiary/aromatic N) is 5. The molecule has 4 heterocycles. The number of carbonyl (C=O) groups is 2. The lowest BCUT2D eigenvalue weighted by Gasteiger charge is -2.33. The fourth-order valence-corrected chi connectivity index (χ4v) is 6.85. The molecule has 1 amide bonds. The van der Waals surface area contributed by atoms with Gasteiger partial charge in [0.2, 0.25) is 0 Å². The molecular formula is C30H38N6O4S. The molecule has 10 nitrogen and oxygen atoms in total. The van der Waals surface area contributed by atoms with E-state index in [4.69, 9.17) is 9.72 Å². The van der Waals surface area contributed by atoms with Crippen LogP contribution in [0, 0.1) is 19.8 Å². The van der Waals surface area contributed by atoms with E-state index in [0.29, 0.717) is 42.9 Å². The van der Waals surface area contributed by atoms with Gasteiger partial charge in [0.1, 0.15) is 17.3 Å². The van der Waals surface area contributed by atoms with Gasteiger partial charge in [0, 0.05) is 36.1 Å². The Morgan fingerprint density at radius 1 is 1.07 bits per heavy atom. The number of hydrogen-bond donors (Lipinski definition) is 2. The Hall–Kier alpha value is -3.57. The topological polar surface area (TPSA) is 121 Å². The minimum Gasteiger partial charge on any atom is -0.496 e. The summed E-state index contributed by atoms with van der Waals surface area (Å²) in [5, 5.41) is 12.7. The maximum atomic E-state index is 13.2. The number of piperidine rings is 2. The molecule has 2 aliphatic rings. The number of amides is 1. The Morgan fingerprint density at radius 3 is 2.41 bits per heavy atom. The smallest absolute Gasteiger partial charge is 0.306 e. The quantitative estimate of drug-likeness (QED) is 0.374. The number of thiazole rings is 1. The number of aryl methyl sites for hydroxylation is 2. The Kier molecular flexibility index (Phi) is 8.84. The number of carboxylic acid groups (broad SMARTS) is 1. The molecule has 2 aliphatic heterocycles. The summed E-state index contributed by atoms with van der Waals surface area (Å²) in [6.07, 6.45) is 7.81. The zero-order valence-electron chi connectivity index (χ0n) is 24.1. The van der Waals surface area contributed by atoms with E-state index in [1.54, 1.807) is 13.3 Å². The van der Waals surface area contributed by atoms with Crippen molar-refractivity contribution in [2.45, 2.75) is 65.5 Å². The zero-order valence-corrected chi connectivity index (χ0v) is 25.0. The summed E-state index contributed by atoms with van der Waals surface area (Å²) in [4.78, 5) is 43.7. The van der Waals surface area contributed by atoms with Gasteiger partial charge in [-0.05, 0) is 76.3 Å². The number of methoxy groups -OCH3 is 1. The number of aromatic nitrogens is 3.